The quantitative estimate of drug-likeness (QED) is 0.682. The van der Waals surface area contributed by atoms with Gasteiger partial charge in [-0.05, 0) is 43.7 Å². The highest BCUT2D eigenvalue weighted by molar-refractivity contribution is 7.13. The molecule has 4 nitrogen and oxygen atoms in total. The Morgan fingerprint density at radius 1 is 1.27 bits per heavy atom. The molecule has 26 heavy (non-hydrogen) atoms. The van der Waals surface area contributed by atoms with Gasteiger partial charge in [0.2, 0.25) is 0 Å². The average Bonchev–Trinajstić information content (AvgIpc) is 3.07. The Hall–Kier alpha value is -2.21. The number of nitrogens with one attached hydrogen (secondary N) is 1. The van der Waals surface area contributed by atoms with Crippen LogP contribution in [0.5, 0.6) is 0 Å². The first-order valence-corrected chi connectivity index (χ1v) is 9.40. The monoisotopic (exact) mass is 386 g/mol. The number of carbonyl (C=O) groups is 1. The molecule has 0 saturated heterocycles. The van der Waals surface area contributed by atoms with E-state index in [2.05, 4.69) is 10.3 Å². The van der Waals surface area contributed by atoms with Crippen molar-refractivity contribution < 1.29 is 9.90 Å². The first kappa shape index (κ1) is 18.6. The van der Waals surface area contributed by atoms with E-state index in [4.69, 9.17) is 11.6 Å². The van der Waals surface area contributed by atoms with Crippen LogP contribution in [0.4, 0.5) is 0 Å². The summed E-state index contributed by atoms with van der Waals surface area (Å²) in [6, 6.07) is 14.2. The lowest BCUT2D eigenvalue weighted by Crippen LogP contribution is -2.38. The van der Waals surface area contributed by atoms with E-state index < -0.39 is 5.60 Å². The maximum absolute atomic E-state index is 12.5. The van der Waals surface area contributed by atoms with Crippen molar-refractivity contribution in [2.24, 2.45) is 0 Å². The first-order chi connectivity index (χ1) is 12.3. The van der Waals surface area contributed by atoms with Crippen molar-refractivity contribution in [1.29, 1.82) is 0 Å². The minimum absolute atomic E-state index is 0.0913. The summed E-state index contributed by atoms with van der Waals surface area (Å²) in [7, 11) is 0. The molecule has 2 N–H and O–H groups in total. The number of hydrogen-bond donors (Lipinski definition) is 2. The standard InChI is InChI=1S/C20H19ClN2O2S/c1-13-11-26-19(23-13)15-5-3-4-14(10-15)18(24)22-12-20(2,25)16-6-8-17(21)9-7-16/h3-11,25H,12H2,1-2H3,(H,22,24). The summed E-state index contributed by atoms with van der Waals surface area (Å²) in [6.07, 6.45) is 0. The lowest BCUT2D eigenvalue weighted by molar-refractivity contribution is 0.0526. The van der Waals surface area contributed by atoms with Crippen LogP contribution in [0, 0.1) is 6.92 Å². The molecular weight excluding hydrogens is 368 g/mol. The number of aliphatic hydroxyl groups is 1. The van der Waals surface area contributed by atoms with Gasteiger partial charge < -0.3 is 10.4 Å². The van der Waals surface area contributed by atoms with Gasteiger partial charge in [-0.25, -0.2) is 4.98 Å². The molecule has 1 amide bonds. The summed E-state index contributed by atoms with van der Waals surface area (Å²) in [4.78, 5) is 17.0. The second kappa shape index (κ2) is 7.58. The predicted molar refractivity (Wildman–Crippen MR) is 106 cm³/mol. The van der Waals surface area contributed by atoms with Crippen molar-refractivity contribution in [2.75, 3.05) is 6.54 Å². The van der Waals surface area contributed by atoms with E-state index >= 15 is 0 Å². The Labute approximate surface area is 161 Å². The van der Waals surface area contributed by atoms with Gasteiger partial charge in [-0.1, -0.05) is 35.9 Å². The molecule has 0 bridgehead atoms. The summed E-state index contributed by atoms with van der Waals surface area (Å²) < 4.78 is 0. The van der Waals surface area contributed by atoms with E-state index in [9.17, 15) is 9.90 Å². The van der Waals surface area contributed by atoms with Gasteiger partial charge in [0.15, 0.2) is 0 Å². The molecule has 0 fully saturated rings. The smallest absolute Gasteiger partial charge is 0.251 e. The van der Waals surface area contributed by atoms with Gasteiger partial charge in [-0.3, -0.25) is 4.79 Å². The minimum atomic E-state index is -1.19. The number of carbonyl (C=O) groups excluding carboxylic acids is 1. The molecule has 0 aliphatic carbocycles. The number of rotatable bonds is 5. The number of hydrogen-bond acceptors (Lipinski definition) is 4. The van der Waals surface area contributed by atoms with Gasteiger partial charge in [0.1, 0.15) is 10.6 Å². The number of benzene rings is 2. The fraction of sp³-hybridized carbons (Fsp3) is 0.200. The molecule has 0 aliphatic rings. The number of aromatic nitrogens is 1. The van der Waals surface area contributed by atoms with Gasteiger partial charge in [-0.15, -0.1) is 11.3 Å². The highest BCUT2D eigenvalue weighted by Crippen LogP contribution is 2.25. The molecule has 6 heteroatoms. The van der Waals surface area contributed by atoms with E-state index in [1.807, 2.05) is 30.5 Å². The Kier molecular flexibility index (Phi) is 5.41. The normalized spacial score (nSPS) is 13.2. The Morgan fingerprint density at radius 2 is 2.00 bits per heavy atom. The molecule has 0 radical (unpaired) electrons. The molecule has 0 spiro atoms. The second-order valence-electron chi connectivity index (χ2n) is 6.34. The molecule has 3 rings (SSSR count). The molecule has 1 unspecified atom stereocenters. The summed E-state index contributed by atoms with van der Waals surface area (Å²) in [5.74, 6) is -0.241. The van der Waals surface area contributed by atoms with Crippen LogP contribution >= 0.6 is 22.9 Å². The van der Waals surface area contributed by atoms with Crippen LogP contribution in [0.3, 0.4) is 0 Å². The number of aryl methyl sites for hydroxylation is 1. The Balaban J connectivity index is 1.71. The van der Waals surface area contributed by atoms with Crippen molar-refractivity contribution in [1.82, 2.24) is 10.3 Å². The zero-order valence-electron chi connectivity index (χ0n) is 14.5. The molecule has 0 aliphatic heterocycles. The summed E-state index contributed by atoms with van der Waals surface area (Å²) in [5, 5.41) is 16.9. The molecule has 0 saturated carbocycles. The molecular formula is C20H19ClN2O2S. The molecule has 134 valence electrons. The fourth-order valence-corrected chi connectivity index (χ4v) is 3.47. The number of nitrogens with zero attached hydrogens (tertiary/aromatic N) is 1. The van der Waals surface area contributed by atoms with Crippen molar-refractivity contribution in [3.05, 3.63) is 75.8 Å². The summed E-state index contributed by atoms with van der Waals surface area (Å²) >= 11 is 7.43. The van der Waals surface area contributed by atoms with Gasteiger partial charge in [0.05, 0.1) is 6.54 Å². The highest BCUT2D eigenvalue weighted by Gasteiger charge is 2.24. The van der Waals surface area contributed by atoms with Crippen LogP contribution in [0.2, 0.25) is 5.02 Å². The molecule has 2 aromatic carbocycles. The third-order valence-electron chi connectivity index (χ3n) is 4.05. The predicted octanol–water partition coefficient (Wildman–Crippen LogP) is 4.41. The van der Waals surface area contributed by atoms with Gasteiger partial charge in [-0.2, -0.15) is 0 Å². The fourth-order valence-electron chi connectivity index (χ4n) is 2.55. The van der Waals surface area contributed by atoms with Crippen LogP contribution in [0.25, 0.3) is 10.6 Å². The SMILES string of the molecule is Cc1csc(-c2cccc(C(=O)NCC(C)(O)c3ccc(Cl)cc3)c2)n1. The van der Waals surface area contributed by atoms with E-state index in [1.165, 1.54) is 0 Å². The van der Waals surface area contributed by atoms with Crippen molar-refractivity contribution in [3.8, 4) is 10.6 Å². The second-order valence-corrected chi connectivity index (χ2v) is 7.63. The van der Waals surface area contributed by atoms with Gasteiger partial charge in [0.25, 0.3) is 5.91 Å². The van der Waals surface area contributed by atoms with Crippen molar-refractivity contribution in [2.45, 2.75) is 19.4 Å². The maximum atomic E-state index is 12.5. The number of amides is 1. The van der Waals surface area contributed by atoms with E-state index in [0.717, 1.165) is 16.3 Å². The maximum Gasteiger partial charge on any atom is 0.251 e. The minimum Gasteiger partial charge on any atom is -0.384 e. The number of halogens is 1. The third kappa shape index (κ3) is 4.30. The van der Waals surface area contributed by atoms with E-state index in [0.29, 0.717) is 16.1 Å². The lowest BCUT2D eigenvalue weighted by atomic mass is 9.96. The highest BCUT2D eigenvalue weighted by atomic mass is 35.5. The first-order valence-electron chi connectivity index (χ1n) is 8.14. The zero-order chi connectivity index (χ0) is 18.7. The van der Waals surface area contributed by atoms with E-state index in [1.54, 1.807) is 48.6 Å². The largest absolute Gasteiger partial charge is 0.384 e. The van der Waals surface area contributed by atoms with Crippen LogP contribution in [-0.2, 0) is 5.60 Å². The average molecular weight is 387 g/mol. The van der Waals surface area contributed by atoms with Crippen LogP contribution in [0.15, 0.2) is 53.9 Å². The Morgan fingerprint density at radius 3 is 2.65 bits per heavy atom. The van der Waals surface area contributed by atoms with Gasteiger partial charge >= 0.3 is 0 Å². The third-order valence-corrected chi connectivity index (χ3v) is 5.31. The lowest BCUT2D eigenvalue weighted by Gasteiger charge is -2.24. The van der Waals surface area contributed by atoms with Crippen molar-refractivity contribution >= 4 is 28.8 Å². The van der Waals surface area contributed by atoms with Crippen LogP contribution < -0.4 is 5.32 Å². The van der Waals surface area contributed by atoms with E-state index in [-0.39, 0.29) is 12.5 Å². The van der Waals surface area contributed by atoms with Crippen LogP contribution in [-0.4, -0.2) is 22.5 Å². The summed E-state index contributed by atoms with van der Waals surface area (Å²) in [5.41, 5.74) is 1.89. The number of thiazole rings is 1. The van der Waals surface area contributed by atoms with Crippen LogP contribution in [0.1, 0.15) is 28.5 Å². The molecule has 1 atom stereocenters. The molecule has 1 heterocycles. The zero-order valence-corrected chi connectivity index (χ0v) is 16.1. The van der Waals surface area contributed by atoms with Gasteiger partial charge in [0, 0.05) is 27.2 Å². The summed E-state index contributed by atoms with van der Waals surface area (Å²) in [6.45, 7) is 3.69. The Bertz CT molecular complexity index is 920. The van der Waals surface area contributed by atoms with Crippen molar-refractivity contribution in [3.63, 3.8) is 0 Å². The topological polar surface area (TPSA) is 62.2 Å². The molecule has 3 aromatic rings. The molecule has 1 aromatic heterocycles.